The van der Waals surface area contributed by atoms with Crippen LogP contribution >= 0.6 is 0 Å². The Balaban J connectivity index is 1.62. The van der Waals surface area contributed by atoms with Crippen LogP contribution in [0.1, 0.15) is 53.3 Å². The smallest absolute Gasteiger partial charge is 0.245 e. The normalized spacial score (nSPS) is 21.4. The van der Waals surface area contributed by atoms with E-state index in [1.807, 2.05) is 13.8 Å². The van der Waals surface area contributed by atoms with E-state index in [2.05, 4.69) is 43.3 Å². The molecule has 130 valence electrons. The summed E-state index contributed by atoms with van der Waals surface area (Å²) in [6.07, 6.45) is 2.30. The van der Waals surface area contributed by atoms with Crippen molar-refractivity contribution in [1.82, 2.24) is 25.2 Å². The van der Waals surface area contributed by atoms with Crippen LogP contribution in [0, 0.1) is 25.2 Å². The second-order valence-electron chi connectivity index (χ2n) is 6.93. The van der Waals surface area contributed by atoms with E-state index in [-0.39, 0.29) is 6.04 Å². The van der Waals surface area contributed by atoms with Crippen molar-refractivity contribution in [2.24, 2.45) is 0 Å². The van der Waals surface area contributed by atoms with Gasteiger partial charge in [-0.25, -0.2) is 0 Å². The van der Waals surface area contributed by atoms with Crippen LogP contribution in [0.4, 0.5) is 5.82 Å². The lowest BCUT2D eigenvalue weighted by atomic mass is 10.1. The number of nitriles is 1. The zero-order valence-electron chi connectivity index (χ0n) is 14.7. The van der Waals surface area contributed by atoms with Crippen LogP contribution < -0.4 is 4.90 Å². The third-order valence-electron chi connectivity index (χ3n) is 5.18. The summed E-state index contributed by atoms with van der Waals surface area (Å²) in [6, 6.07) is 2.28. The number of anilines is 1. The van der Waals surface area contributed by atoms with Crippen molar-refractivity contribution >= 4 is 5.82 Å². The highest BCUT2D eigenvalue weighted by molar-refractivity contribution is 5.57. The molecule has 0 radical (unpaired) electrons. The molecule has 3 heterocycles. The number of piperazine rings is 1. The van der Waals surface area contributed by atoms with Gasteiger partial charge in [-0.3, -0.25) is 4.90 Å². The molecule has 1 atom stereocenters. The Bertz CT molecular complexity index is 836. The van der Waals surface area contributed by atoms with E-state index >= 15 is 0 Å². The molecule has 8 heteroatoms. The summed E-state index contributed by atoms with van der Waals surface area (Å²) >= 11 is 0. The molecular formula is C17H21N7O. The summed E-state index contributed by atoms with van der Waals surface area (Å²) < 4.78 is 5.53. The van der Waals surface area contributed by atoms with Gasteiger partial charge in [0.05, 0.1) is 5.69 Å². The molecule has 0 spiro atoms. The first-order chi connectivity index (χ1) is 12.1. The lowest BCUT2D eigenvalue weighted by Crippen LogP contribution is -2.47. The Morgan fingerprint density at radius 1 is 1.20 bits per heavy atom. The van der Waals surface area contributed by atoms with Gasteiger partial charge in [0.15, 0.2) is 11.6 Å². The van der Waals surface area contributed by atoms with E-state index in [0.29, 0.717) is 29.7 Å². The van der Waals surface area contributed by atoms with Crippen molar-refractivity contribution in [2.45, 2.75) is 38.6 Å². The Morgan fingerprint density at radius 2 is 2.00 bits per heavy atom. The van der Waals surface area contributed by atoms with Gasteiger partial charge in [0.2, 0.25) is 5.89 Å². The molecule has 4 rings (SSSR count). The minimum absolute atomic E-state index is 0.0105. The number of nitrogens with zero attached hydrogens (tertiary/aromatic N) is 7. The maximum atomic E-state index is 9.56. The lowest BCUT2D eigenvalue weighted by molar-refractivity contribution is 0.177. The number of aromatic nitrogens is 4. The van der Waals surface area contributed by atoms with Gasteiger partial charge in [-0.15, -0.1) is 5.10 Å². The van der Waals surface area contributed by atoms with Crippen LogP contribution in [0.2, 0.25) is 0 Å². The molecule has 0 N–H and O–H groups in total. The van der Waals surface area contributed by atoms with Gasteiger partial charge in [-0.1, -0.05) is 5.16 Å². The van der Waals surface area contributed by atoms with E-state index in [9.17, 15) is 5.26 Å². The van der Waals surface area contributed by atoms with Crippen molar-refractivity contribution in [3.05, 3.63) is 28.5 Å². The predicted octanol–water partition coefficient (Wildman–Crippen LogP) is 1.72. The van der Waals surface area contributed by atoms with Crippen molar-refractivity contribution < 1.29 is 4.52 Å². The number of rotatable bonds is 3. The molecule has 1 aliphatic carbocycles. The molecular weight excluding hydrogens is 318 g/mol. The highest BCUT2D eigenvalue weighted by Gasteiger charge is 2.35. The minimum Gasteiger partial charge on any atom is -0.351 e. The van der Waals surface area contributed by atoms with Gasteiger partial charge < -0.3 is 9.42 Å². The SMILES string of the molecule is Cc1nnc(N2CCN(C)C(c3nc(C4CC4)no3)C2)c(C#N)c1C. The fourth-order valence-corrected chi connectivity index (χ4v) is 3.17. The Kier molecular flexibility index (Phi) is 3.88. The Labute approximate surface area is 146 Å². The Hall–Kier alpha value is -2.53. The zero-order valence-corrected chi connectivity index (χ0v) is 14.7. The highest BCUT2D eigenvalue weighted by atomic mass is 16.5. The molecule has 2 aromatic rings. The number of hydrogen-bond donors (Lipinski definition) is 0. The molecule has 25 heavy (non-hydrogen) atoms. The molecule has 0 amide bonds. The first-order valence-electron chi connectivity index (χ1n) is 8.61. The fraction of sp³-hybridized carbons (Fsp3) is 0.588. The number of hydrogen-bond acceptors (Lipinski definition) is 8. The first-order valence-corrected chi connectivity index (χ1v) is 8.61. The lowest BCUT2D eigenvalue weighted by Gasteiger charge is -2.38. The molecule has 1 unspecified atom stereocenters. The average molecular weight is 339 g/mol. The zero-order chi connectivity index (χ0) is 17.6. The van der Waals surface area contributed by atoms with E-state index in [0.717, 1.165) is 43.0 Å². The van der Waals surface area contributed by atoms with E-state index in [1.165, 1.54) is 0 Å². The third-order valence-corrected chi connectivity index (χ3v) is 5.18. The summed E-state index contributed by atoms with van der Waals surface area (Å²) in [5, 5.41) is 22.2. The van der Waals surface area contributed by atoms with Crippen molar-refractivity contribution in [3.8, 4) is 6.07 Å². The van der Waals surface area contributed by atoms with Crippen molar-refractivity contribution in [1.29, 1.82) is 5.26 Å². The molecule has 2 aromatic heterocycles. The Morgan fingerprint density at radius 3 is 2.72 bits per heavy atom. The van der Waals surface area contributed by atoms with Crippen LogP contribution in [0.5, 0.6) is 0 Å². The summed E-state index contributed by atoms with van der Waals surface area (Å²) in [4.78, 5) is 8.91. The van der Waals surface area contributed by atoms with Crippen LogP contribution in [0.15, 0.2) is 4.52 Å². The second kappa shape index (κ2) is 6.08. The molecule has 0 bridgehead atoms. The van der Waals surface area contributed by atoms with Crippen LogP contribution in [0.3, 0.4) is 0 Å². The van der Waals surface area contributed by atoms with Gasteiger partial charge in [-0.05, 0) is 39.3 Å². The van der Waals surface area contributed by atoms with Gasteiger partial charge in [0.1, 0.15) is 17.7 Å². The third kappa shape index (κ3) is 2.85. The van der Waals surface area contributed by atoms with Crippen LogP contribution in [-0.2, 0) is 0 Å². The average Bonchev–Trinajstić information content (AvgIpc) is 3.35. The molecule has 2 fully saturated rings. The molecule has 1 saturated heterocycles. The standard InChI is InChI=1S/C17H21N7O/c1-10-11(2)20-21-16(13(10)8-18)24-7-6-23(3)14(9-24)17-19-15(22-25-17)12-4-5-12/h12,14H,4-7,9H2,1-3H3. The van der Waals surface area contributed by atoms with Crippen molar-refractivity contribution in [2.75, 3.05) is 31.6 Å². The summed E-state index contributed by atoms with van der Waals surface area (Å²) in [6.45, 7) is 6.04. The van der Waals surface area contributed by atoms with E-state index in [4.69, 9.17) is 4.52 Å². The topological polar surface area (TPSA) is 95.0 Å². The summed E-state index contributed by atoms with van der Waals surface area (Å²) in [5.41, 5.74) is 2.27. The van der Waals surface area contributed by atoms with Gasteiger partial charge in [0, 0.05) is 25.6 Å². The largest absolute Gasteiger partial charge is 0.351 e. The number of aryl methyl sites for hydroxylation is 1. The predicted molar refractivity (Wildman–Crippen MR) is 90.1 cm³/mol. The first kappa shape index (κ1) is 16.0. The van der Waals surface area contributed by atoms with Crippen LogP contribution in [0.25, 0.3) is 0 Å². The van der Waals surface area contributed by atoms with Gasteiger partial charge in [0.25, 0.3) is 0 Å². The molecule has 8 nitrogen and oxygen atoms in total. The van der Waals surface area contributed by atoms with Crippen LogP contribution in [-0.4, -0.2) is 51.9 Å². The number of likely N-dealkylation sites (N-methyl/N-ethyl adjacent to an activating group) is 1. The van der Waals surface area contributed by atoms with E-state index < -0.39 is 0 Å². The second-order valence-corrected chi connectivity index (χ2v) is 6.93. The fourth-order valence-electron chi connectivity index (χ4n) is 3.17. The van der Waals surface area contributed by atoms with E-state index in [1.54, 1.807) is 0 Å². The van der Waals surface area contributed by atoms with Gasteiger partial charge in [-0.2, -0.15) is 15.3 Å². The molecule has 2 aliphatic rings. The van der Waals surface area contributed by atoms with Gasteiger partial charge >= 0.3 is 0 Å². The maximum Gasteiger partial charge on any atom is 0.245 e. The molecule has 1 saturated carbocycles. The maximum absolute atomic E-state index is 9.56. The summed E-state index contributed by atoms with van der Waals surface area (Å²) in [5.74, 6) is 2.58. The molecule has 1 aliphatic heterocycles. The van der Waals surface area contributed by atoms with Crippen molar-refractivity contribution in [3.63, 3.8) is 0 Å². The quantitative estimate of drug-likeness (QED) is 0.834. The highest BCUT2D eigenvalue weighted by Crippen LogP contribution is 2.39. The minimum atomic E-state index is -0.0105. The summed E-state index contributed by atoms with van der Waals surface area (Å²) in [7, 11) is 2.06. The monoisotopic (exact) mass is 339 g/mol. The molecule has 0 aromatic carbocycles.